The number of nitrogens with zero attached hydrogens (tertiary/aromatic N) is 1. The largest absolute Gasteiger partial charge is 0.311 e. The maximum atomic E-state index is 3.71. The Morgan fingerprint density at radius 2 is 1.95 bits per heavy atom. The minimum Gasteiger partial charge on any atom is -0.311 e. The number of unbranched alkanes of at least 4 members (excludes halogenated alkanes) is 1. The molecule has 21 heavy (non-hydrogen) atoms. The van der Waals surface area contributed by atoms with Crippen LogP contribution >= 0.6 is 0 Å². The average molecular weight is 288 g/mol. The van der Waals surface area contributed by atoms with Crippen LogP contribution in [-0.2, 0) is 0 Å². The molecule has 1 aliphatic rings. The highest BCUT2D eigenvalue weighted by Crippen LogP contribution is 2.24. The van der Waals surface area contributed by atoms with Crippen LogP contribution in [0, 0.1) is 5.92 Å². The molecule has 0 spiro atoms. The highest BCUT2D eigenvalue weighted by Gasteiger charge is 2.27. The van der Waals surface area contributed by atoms with Crippen molar-refractivity contribution in [1.29, 1.82) is 0 Å². The van der Waals surface area contributed by atoms with Gasteiger partial charge in [-0.05, 0) is 30.9 Å². The van der Waals surface area contributed by atoms with Crippen molar-refractivity contribution >= 4 is 0 Å². The summed E-state index contributed by atoms with van der Waals surface area (Å²) in [6, 6.07) is 12.2. The molecule has 1 heterocycles. The SMILES string of the molecule is CCC1CN(CCCCC(C)C)C(c2ccccc2)CN1. The average Bonchev–Trinajstić information content (AvgIpc) is 2.52. The topological polar surface area (TPSA) is 15.3 Å². The smallest absolute Gasteiger partial charge is 0.0473 e. The molecule has 2 unspecified atom stereocenters. The molecule has 0 saturated carbocycles. The van der Waals surface area contributed by atoms with E-state index in [1.807, 2.05) is 0 Å². The molecule has 1 aromatic carbocycles. The van der Waals surface area contributed by atoms with E-state index in [1.165, 1.54) is 44.3 Å². The Hall–Kier alpha value is -0.860. The quantitative estimate of drug-likeness (QED) is 0.755. The van der Waals surface area contributed by atoms with Gasteiger partial charge in [0, 0.05) is 25.2 Å². The van der Waals surface area contributed by atoms with Crippen molar-refractivity contribution in [2.75, 3.05) is 19.6 Å². The maximum absolute atomic E-state index is 3.71. The van der Waals surface area contributed by atoms with Gasteiger partial charge in [-0.15, -0.1) is 0 Å². The van der Waals surface area contributed by atoms with Crippen LogP contribution in [0.3, 0.4) is 0 Å². The molecule has 1 fully saturated rings. The van der Waals surface area contributed by atoms with Crippen LogP contribution < -0.4 is 5.32 Å². The van der Waals surface area contributed by atoms with E-state index in [9.17, 15) is 0 Å². The van der Waals surface area contributed by atoms with Crippen molar-refractivity contribution in [2.24, 2.45) is 5.92 Å². The van der Waals surface area contributed by atoms with E-state index in [1.54, 1.807) is 0 Å². The Morgan fingerprint density at radius 3 is 2.62 bits per heavy atom. The number of hydrogen-bond donors (Lipinski definition) is 1. The molecule has 0 radical (unpaired) electrons. The first-order valence-corrected chi connectivity index (χ1v) is 8.73. The molecule has 1 aliphatic heterocycles. The van der Waals surface area contributed by atoms with E-state index in [-0.39, 0.29) is 0 Å². The van der Waals surface area contributed by atoms with Crippen molar-refractivity contribution < 1.29 is 0 Å². The van der Waals surface area contributed by atoms with Crippen LogP contribution in [0.1, 0.15) is 58.1 Å². The molecule has 0 aromatic heterocycles. The summed E-state index contributed by atoms with van der Waals surface area (Å²) in [5.41, 5.74) is 1.46. The first kappa shape index (κ1) is 16.5. The molecule has 0 bridgehead atoms. The van der Waals surface area contributed by atoms with Gasteiger partial charge in [-0.3, -0.25) is 4.90 Å². The van der Waals surface area contributed by atoms with Crippen LogP contribution in [0.2, 0.25) is 0 Å². The van der Waals surface area contributed by atoms with Crippen LogP contribution in [0.4, 0.5) is 0 Å². The molecule has 118 valence electrons. The second-order valence-electron chi connectivity index (χ2n) is 6.82. The number of hydrogen-bond acceptors (Lipinski definition) is 2. The number of nitrogens with one attached hydrogen (secondary N) is 1. The third kappa shape index (κ3) is 5.12. The van der Waals surface area contributed by atoms with Crippen LogP contribution in [0.5, 0.6) is 0 Å². The first-order chi connectivity index (χ1) is 10.2. The zero-order chi connectivity index (χ0) is 15.1. The van der Waals surface area contributed by atoms with Gasteiger partial charge in [0.1, 0.15) is 0 Å². The van der Waals surface area contributed by atoms with Gasteiger partial charge in [0.15, 0.2) is 0 Å². The van der Waals surface area contributed by atoms with Crippen molar-refractivity contribution in [3.63, 3.8) is 0 Å². The molecular formula is C19H32N2. The third-order valence-electron chi connectivity index (χ3n) is 4.65. The lowest BCUT2D eigenvalue weighted by Crippen LogP contribution is -2.52. The number of rotatable bonds is 7. The predicted molar refractivity (Wildman–Crippen MR) is 91.5 cm³/mol. The molecule has 0 aliphatic carbocycles. The van der Waals surface area contributed by atoms with Crippen LogP contribution in [0.15, 0.2) is 30.3 Å². The summed E-state index contributed by atoms with van der Waals surface area (Å²) >= 11 is 0. The van der Waals surface area contributed by atoms with Gasteiger partial charge in [-0.1, -0.05) is 63.9 Å². The Balaban J connectivity index is 1.93. The normalized spacial score (nSPS) is 23.6. The molecule has 2 rings (SSSR count). The first-order valence-electron chi connectivity index (χ1n) is 8.73. The summed E-state index contributed by atoms with van der Waals surface area (Å²) in [6.07, 6.45) is 5.28. The fourth-order valence-electron chi connectivity index (χ4n) is 3.27. The van der Waals surface area contributed by atoms with Crippen molar-refractivity contribution in [3.05, 3.63) is 35.9 Å². The minimum absolute atomic E-state index is 0.549. The van der Waals surface area contributed by atoms with Gasteiger partial charge in [0.05, 0.1) is 0 Å². The zero-order valence-corrected chi connectivity index (χ0v) is 14.0. The Morgan fingerprint density at radius 1 is 1.19 bits per heavy atom. The summed E-state index contributed by atoms with van der Waals surface area (Å²) in [5.74, 6) is 0.835. The maximum Gasteiger partial charge on any atom is 0.0473 e. The van der Waals surface area contributed by atoms with Crippen LogP contribution in [-0.4, -0.2) is 30.6 Å². The molecule has 0 amide bonds. The van der Waals surface area contributed by atoms with Crippen molar-refractivity contribution in [2.45, 2.75) is 58.5 Å². The zero-order valence-electron chi connectivity index (χ0n) is 14.0. The fourth-order valence-corrected chi connectivity index (χ4v) is 3.27. The summed E-state index contributed by atoms with van der Waals surface area (Å²) in [7, 11) is 0. The summed E-state index contributed by atoms with van der Waals surface area (Å²) < 4.78 is 0. The van der Waals surface area contributed by atoms with Crippen molar-refractivity contribution in [1.82, 2.24) is 10.2 Å². The van der Waals surface area contributed by atoms with Gasteiger partial charge in [-0.25, -0.2) is 0 Å². The van der Waals surface area contributed by atoms with Gasteiger partial charge in [0.25, 0.3) is 0 Å². The van der Waals surface area contributed by atoms with E-state index < -0.39 is 0 Å². The summed E-state index contributed by atoms with van der Waals surface area (Å²) in [4.78, 5) is 2.71. The molecule has 1 aromatic rings. The van der Waals surface area contributed by atoms with Gasteiger partial charge >= 0.3 is 0 Å². The fraction of sp³-hybridized carbons (Fsp3) is 0.684. The Labute approximate surface area is 130 Å². The summed E-state index contributed by atoms with van der Waals surface area (Å²) in [5, 5.41) is 3.71. The van der Waals surface area contributed by atoms with E-state index in [4.69, 9.17) is 0 Å². The van der Waals surface area contributed by atoms with Gasteiger partial charge in [-0.2, -0.15) is 0 Å². The van der Waals surface area contributed by atoms with E-state index in [0.717, 1.165) is 12.5 Å². The third-order valence-corrected chi connectivity index (χ3v) is 4.65. The molecule has 2 nitrogen and oxygen atoms in total. The molecule has 2 heteroatoms. The molecule has 1 saturated heterocycles. The Kier molecular flexibility index (Phi) is 6.72. The highest BCUT2D eigenvalue weighted by molar-refractivity contribution is 5.20. The lowest BCUT2D eigenvalue weighted by molar-refractivity contribution is 0.125. The molecule has 2 atom stereocenters. The van der Waals surface area contributed by atoms with E-state index in [0.29, 0.717) is 12.1 Å². The van der Waals surface area contributed by atoms with Gasteiger partial charge in [0.2, 0.25) is 0 Å². The Bertz CT molecular complexity index is 388. The number of benzene rings is 1. The molecule has 1 N–H and O–H groups in total. The van der Waals surface area contributed by atoms with E-state index >= 15 is 0 Å². The number of piperazine rings is 1. The summed E-state index contributed by atoms with van der Waals surface area (Å²) in [6.45, 7) is 10.5. The second kappa shape index (κ2) is 8.55. The lowest BCUT2D eigenvalue weighted by atomic mass is 9.99. The lowest BCUT2D eigenvalue weighted by Gasteiger charge is -2.40. The van der Waals surface area contributed by atoms with Gasteiger partial charge < -0.3 is 5.32 Å². The minimum atomic E-state index is 0.549. The monoisotopic (exact) mass is 288 g/mol. The van der Waals surface area contributed by atoms with Crippen molar-refractivity contribution in [3.8, 4) is 0 Å². The molecular weight excluding hydrogens is 256 g/mol. The van der Waals surface area contributed by atoms with E-state index in [2.05, 4.69) is 61.3 Å². The predicted octanol–water partition coefficient (Wildman–Crippen LogP) is 4.24. The standard InChI is InChI=1S/C19H32N2/c1-4-18-15-21(13-9-8-10-16(2)3)19(14-20-18)17-11-6-5-7-12-17/h5-7,11-12,16,18-20H,4,8-10,13-15H2,1-3H3. The highest BCUT2D eigenvalue weighted by atomic mass is 15.2. The van der Waals surface area contributed by atoms with Crippen LogP contribution in [0.25, 0.3) is 0 Å². The second-order valence-corrected chi connectivity index (χ2v) is 6.82.